The maximum atomic E-state index is 9.04. The lowest BCUT2D eigenvalue weighted by Gasteiger charge is -2.05. The average molecular weight is 240 g/mol. The Morgan fingerprint density at radius 3 is 3.00 bits per heavy atom. The number of imidazole rings is 1. The van der Waals surface area contributed by atoms with Gasteiger partial charge in [0.2, 0.25) is 0 Å². The minimum Gasteiger partial charge on any atom is -0.395 e. The Hall–Kier alpha value is -1.13. The van der Waals surface area contributed by atoms with E-state index in [2.05, 4.69) is 16.9 Å². The first-order valence-electron chi connectivity index (χ1n) is 5.37. The van der Waals surface area contributed by atoms with E-state index >= 15 is 0 Å². The maximum absolute atomic E-state index is 9.04. The molecule has 0 fully saturated rings. The van der Waals surface area contributed by atoms with Crippen molar-refractivity contribution in [1.82, 2.24) is 14.5 Å². The molecule has 2 heterocycles. The smallest absolute Gasteiger partial charge is 0.160 e. The summed E-state index contributed by atoms with van der Waals surface area (Å²) in [5, 5.41) is 9.63. The fourth-order valence-electron chi connectivity index (χ4n) is 1.78. The van der Waals surface area contributed by atoms with Crippen molar-refractivity contribution in [2.24, 2.45) is 0 Å². The van der Waals surface area contributed by atoms with E-state index in [9.17, 15) is 0 Å². The molecule has 0 aromatic carbocycles. The Morgan fingerprint density at radius 2 is 2.31 bits per heavy atom. The number of fused-ring (bicyclic) bond motifs is 1. The highest BCUT2D eigenvalue weighted by Gasteiger charge is 2.10. The summed E-state index contributed by atoms with van der Waals surface area (Å²) in [7, 11) is 0. The van der Waals surface area contributed by atoms with E-state index in [1.165, 1.54) is 0 Å². The van der Waals surface area contributed by atoms with Crippen LogP contribution in [0, 0.1) is 0 Å². The van der Waals surface area contributed by atoms with E-state index in [0.717, 1.165) is 29.8 Å². The molecular weight excluding hydrogens is 226 g/mol. The number of hydrogen-bond acceptors (Lipinski definition) is 3. The zero-order chi connectivity index (χ0) is 11.5. The van der Waals surface area contributed by atoms with Gasteiger partial charge in [0.15, 0.2) is 5.65 Å². The van der Waals surface area contributed by atoms with Crippen LogP contribution in [0.5, 0.6) is 0 Å². The third-order valence-electron chi connectivity index (χ3n) is 2.43. The zero-order valence-electron chi connectivity index (χ0n) is 9.15. The Kier molecular flexibility index (Phi) is 3.41. The van der Waals surface area contributed by atoms with E-state index in [4.69, 9.17) is 16.7 Å². The molecular formula is C11H14ClN3O. The Morgan fingerprint density at radius 1 is 1.50 bits per heavy atom. The van der Waals surface area contributed by atoms with E-state index in [1.54, 1.807) is 12.3 Å². The molecule has 2 rings (SSSR count). The first kappa shape index (κ1) is 11.4. The number of aryl methyl sites for hydroxylation is 1. The van der Waals surface area contributed by atoms with Crippen LogP contribution in [0.2, 0.25) is 5.02 Å². The second-order valence-corrected chi connectivity index (χ2v) is 4.09. The summed E-state index contributed by atoms with van der Waals surface area (Å²) in [4.78, 5) is 8.75. The topological polar surface area (TPSA) is 50.9 Å². The quantitative estimate of drug-likeness (QED) is 0.888. The van der Waals surface area contributed by atoms with E-state index < -0.39 is 0 Å². The maximum Gasteiger partial charge on any atom is 0.160 e. The number of pyridine rings is 1. The summed E-state index contributed by atoms with van der Waals surface area (Å²) in [5.74, 6) is 0.960. The summed E-state index contributed by atoms with van der Waals surface area (Å²) >= 11 is 5.87. The van der Waals surface area contributed by atoms with E-state index in [0.29, 0.717) is 11.6 Å². The lowest BCUT2D eigenvalue weighted by atomic mass is 10.3. The lowest BCUT2D eigenvalue weighted by molar-refractivity contribution is 0.275. The van der Waals surface area contributed by atoms with Crippen LogP contribution in [0.15, 0.2) is 12.3 Å². The monoisotopic (exact) mass is 239 g/mol. The van der Waals surface area contributed by atoms with Crippen molar-refractivity contribution in [3.05, 3.63) is 23.1 Å². The molecule has 0 radical (unpaired) electrons. The number of aromatic nitrogens is 3. The van der Waals surface area contributed by atoms with Gasteiger partial charge in [0.05, 0.1) is 11.6 Å². The molecule has 0 bridgehead atoms. The first-order chi connectivity index (χ1) is 7.76. The molecule has 0 atom stereocenters. The molecule has 16 heavy (non-hydrogen) atoms. The molecule has 4 nitrogen and oxygen atoms in total. The van der Waals surface area contributed by atoms with Gasteiger partial charge < -0.3 is 9.67 Å². The number of halogens is 1. The molecule has 5 heteroatoms. The van der Waals surface area contributed by atoms with Crippen LogP contribution in [0.25, 0.3) is 11.2 Å². The van der Waals surface area contributed by atoms with Crippen LogP contribution >= 0.6 is 11.6 Å². The van der Waals surface area contributed by atoms with Gasteiger partial charge in [-0.2, -0.15) is 0 Å². The molecule has 86 valence electrons. The molecule has 0 aliphatic heterocycles. The van der Waals surface area contributed by atoms with Gasteiger partial charge in [-0.05, 0) is 12.5 Å². The van der Waals surface area contributed by atoms with Gasteiger partial charge in [-0.15, -0.1) is 0 Å². The Labute approximate surface area is 98.9 Å². The predicted molar refractivity (Wildman–Crippen MR) is 63.6 cm³/mol. The summed E-state index contributed by atoms with van der Waals surface area (Å²) in [5.41, 5.74) is 1.59. The second-order valence-electron chi connectivity index (χ2n) is 3.65. The summed E-state index contributed by atoms with van der Waals surface area (Å²) in [6.07, 6.45) is 3.51. The summed E-state index contributed by atoms with van der Waals surface area (Å²) < 4.78 is 1.95. The highest BCUT2D eigenvalue weighted by atomic mass is 35.5. The molecule has 0 saturated heterocycles. The number of aliphatic hydroxyl groups is 1. The van der Waals surface area contributed by atoms with Crippen LogP contribution in [-0.4, -0.2) is 26.2 Å². The van der Waals surface area contributed by atoms with Gasteiger partial charge in [0.1, 0.15) is 11.3 Å². The van der Waals surface area contributed by atoms with Crippen molar-refractivity contribution in [2.45, 2.75) is 26.3 Å². The van der Waals surface area contributed by atoms with Crippen molar-refractivity contribution in [1.29, 1.82) is 0 Å². The molecule has 0 aliphatic carbocycles. The number of rotatable bonds is 4. The molecule has 0 unspecified atom stereocenters. The molecule has 1 N–H and O–H groups in total. The minimum atomic E-state index is 0.0898. The molecule has 2 aromatic heterocycles. The fraction of sp³-hybridized carbons (Fsp3) is 0.455. The van der Waals surface area contributed by atoms with Crippen LogP contribution in [-0.2, 0) is 13.0 Å². The van der Waals surface area contributed by atoms with Gasteiger partial charge in [-0.3, -0.25) is 0 Å². The lowest BCUT2D eigenvalue weighted by Crippen LogP contribution is -2.07. The van der Waals surface area contributed by atoms with Crippen molar-refractivity contribution >= 4 is 22.8 Å². The van der Waals surface area contributed by atoms with Crippen molar-refractivity contribution in [3.8, 4) is 0 Å². The molecule has 0 amide bonds. The summed E-state index contributed by atoms with van der Waals surface area (Å²) in [6.45, 7) is 2.72. The van der Waals surface area contributed by atoms with Gasteiger partial charge in [0, 0.05) is 19.2 Å². The van der Waals surface area contributed by atoms with Crippen molar-refractivity contribution in [3.63, 3.8) is 0 Å². The Bertz CT molecular complexity index is 495. The molecule has 0 saturated carbocycles. The number of aliphatic hydroxyl groups excluding tert-OH is 1. The zero-order valence-corrected chi connectivity index (χ0v) is 9.91. The fourth-order valence-corrected chi connectivity index (χ4v) is 1.93. The summed E-state index contributed by atoms with van der Waals surface area (Å²) in [6, 6.07) is 1.80. The largest absolute Gasteiger partial charge is 0.395 e. The Balaban J connectivity index is 2.56. The molecule has 0 spiro atoms. The predicted octanol–water partition coefficient (Wildman–Crippen LogP) is 2.03. The van der Waals surface area contributed by atoms with E-state index in [1.807, 2.05) is 4.57 Å². The van der Waals surface area contributed by atoms with Crippen molar-refractivity contribution < 1.29 is 5.11 Å². The van der Waals surface area contributed by atoms with Gasteiger partial charge >= 0.3 is 0 Å². The van der Waals surface area contributed by atoms with Crippen molar-refractivity contribution in [2.75, 3.05) is 6.61 Å². The van der Waals surface area contributed by atoms with E-state index in [-0.39, 0.29) is 6.61 Å². The highest BCUT2D eigenvalue weighted by Crippen LogP contribution is 2.18. The minimum absolute atomic E-state index is 0.0898. The van der Waals surface area contributed by atoms with Gasteiger partial charge in [0.25, 0.3) is 0 Å². The normalized spacial score (nSPS) is 11.2. The van der Waals surface area contributed by atoms with Crippen LogP contribution in [0.1, 0.15) is 19.2 Å². The highest BCUT2D eigenvalue weighted by molar-refractivity contribution is 6.31. The van der Waals surface area contributed by atoms with Crippen LogP contribution < -0.4 is 0 Å². The SMILES string of the molecule is CCCc1nc2cc(Cl)cnc2n1CCO. The second kappa shape index (κ2) is 4.80. The average Bonchev–Trinajstić information content (AvgIpc) is 2.57. The standard InChI is InChI=1S/C11H14ClN3O/c1-2-3-10-14-9-6-8(12)7-13-11(9)15(10)4-5-16/h6-7,16H,2-5H2,1H3. The number of hydrogen-bond donors (Lipinski definition) is 1. The number of nitrogens with zero attached hydrogens (tertiary/aromatic N) is 3. The van der Waals surface area contributed by atoms with Gasteiger partial charge in [-0.1, -0.05) is 18.5 Å². The molecule has 0 aliphatic rings. The van der Waals surface area contributed by atoms with Gasteiger partial charge in [-0.25, -0.2) is 9.97 Å². The molecule has 2 aromatic rings. The van der Waals surface area contributed by atoms with Crippen LogP contribution in [0.3, 0.4) is 0 Å². The third kappa shape index (κ3) is 2.03. The van der Waals surface area contributed by atoms with Crippen LogP contribution in [0.4, 0.5) is 0 Å². The third-order valence-corrected chi connectivity index (χ3v) is 2.63. The first-order valence-corrected chi connectivity index (χ1v) is 5.75.